The Morgan fingerprint density at radius 3 is 2.74 bits per heavy atom. The highest BCUT2D eigenvalue weighted by Crippen LogP contribution is 2.08. The maximum Gasteiger partial charge on any atom is 0.0666 e. The lowest BCUT2D eigenvalue weighted by molar-refractivity contribution is 0.681. The molecule has 102 valence electrons. The molecule has 0 unspecified atom stereocenters. The molecule has 1 N–H and O–H groups in total. The van der Waals surface area contributed by atoms with Crippen molar-refractivity contribution in [2.75, 3.05) is 6.54 Å². The highest BCUT2D eigenvalue weighted by atomic mass is 15.3. The van der Waals surface area contributed by atoms with Crippen molar-refractivity contribution < 1.29 is 0 Å². The number of benzene rings is 1. The van der Waals surface area contributed by atoms with Gasteiger partial charge in [0.2, 0.25) is 0 Å². The van der Waals surface area contributed by atoms with E-state index < -0.39 is 0 Å². The quantitative estimate of drug-likeness (QED) is 0.806. The number of nitrogens with one attached hydrogen (secondary N) is 1. The van der Waals surface area contributed by atoms with Gasteiger partial charge in [-0.15, -0.1) is 0 Å². The third kappa shape index (κ3) is 3.67. The summed E-state index contributed by atoms with van der Waals surface area (Å²) in [4.78, 5) is 0. The van der Waals surface area contributed by atoms with Gasteiger partial charge in [0.05, 0.1) is 5.69 Å². The van der Waals surface area contributed by atoms with Crippen molar-refractivity contribution in [2.45, 2.75) is 33.2 Å². The molecule has 0 aliphatic rings. The first-order valence-corrected chi connectivity index (χ1v) is 6.97. The fourth-order valence-electron chi connectivity index (χ4n) is 2.37. The Kier molecular flexibility index (Phi) is 4.74. The Morgan fingerprint density at radius 1 is 1.21 bits per heavy atom. The molecule has 0 spiro atoms. The molecule has 0 fully saturated rings. The van der Waals surface area contributed by atoms with E-state index in [4.69, 9.17) is 0 Å². The van der Waals surface area contributed by atoms with E-state index >= 15 is 0 Å². The molecule has 0 saturated carbocycles. The minimum absolute atomic E-state index is 0.906. The Balaban J connectivity index is 1.82. The van der Waals surface area contributed by atoms with Crippen LogP contribution < -0.4 is 5.32 Å². The first kappa shape index (κ1) is 13.8. The van der Waals surface area contributed by atoms with Gasteiger partial charge in [0, 0.05) is 25.4 Å². The highest BCUT2D eigenvalue weighted by Gasteiger charge is 2.05. The maximum absolute atomic E-state index is 4.46. The third-order valence-corrected chi connectivity index (χ3v) is 3.47. The number of hydrogen-bond donors (Lipinski definition) is 1. The van der Waals surface area contributed by atoms with Crippen molar-refractivity contribution in [3.8, 4) is 0 Å². The molecule has 1 aromatic heterocycles. The van der Waals surface area contributed by atoms with Gasteiger partial charge in [-0.3, -0.25) is 4.68 Å². The smallest absolute Gasteiger partial charge is 0.0666 e. The first-order chi connectivity index (χ1) is 9.20. The molecule has 19 heavy (non-hydrogen) atoms. The fraction of sp³-hybridized carbons (Fsp3) is 0.438. The topological polar surface area (TPSA) is 29.9 Å². The van der Waals surface area contributed by atoms with E-state index in [-0.39, 0.29) is 0 Å². The second kappa shape index (κ2) is 6.53. The lowest BCUT2D eigenvalue weighted by Crippen LogP contribution is -2.17. The Hall–Kier alpha value is -1.61. The molecule has 0 saturated heterocycles. The summed E-state index contributed by atoms with van der Waals surface area (Å²) >= 11 is 0. The van der Waals surface area contributed by atoms with Gasteiger partial charge in [-0.25, -0.2) is 0 Å². The van der Waals surface area contributed by atoms with E-state index in [1.54, 1.807) is 0 Å². The molecule has 0 radical (unpaired) electrons. The van der Waals surface area contributed by atoms with Crippen LogP contribution in [0, 0.1) is 6.92 Å². The molecule has 0 atom stereocenters. The van der Waals surface area contributed by atoms with Crippen LogP contribution in [0.2, 0.25) is 0 Å². The van der Waals surface area contributed by atoms with Gasteiger partial charge in [0.15, 0.2) is 0 Å². The minimum Gasteiger partial charge on any atom is -0.312 e. The van der Waals surface area contributed by atoms with Gasteiger partial charge in [-0.05, 0) is 37.4 Å². The fourth-order valence-corrected chi connectivity index (χ4v) is 2.37. The summed E-state index contributed by atoms with van der Waals surface area (Å²) in [6.45, 7) is 6.23. The van der Waals surface area contributed by atoms with Crippen LogP contribution in [0.15, 0.2) is 30.5 Å². The summed E-state index contributed by atoms with van der Waals surface area (Å²) in [6.07, 6.45) is 4.18. The third-order valence-electron chi connectivity index (χ3n) is 3.47. The molecule has 0 aliphatic carbocycles. The van der Waals surface area contributed by atoms with Gasteiger partial charge in [0.1, 0.15) is 0 Å². The molecule has 3 nitrogen and oxygen atoms in total. The second-order valence-electron chi connectivity index (χ2n) is 4.98. The normalized spacial score (nSPS) is 10.9. The van der Waals surface area contributed by atoms with Crippen LogP contribution in [0.3, 0.4) is 0 Å². The lowest BCUT2D eigenvalue weighted by atomic mass is 10.1. The number of aromatic nitrogens is 2. The summed E-state index contributed by atoms with van der Waals surface area (Å²) in [5.41, 5.74) is 5.32. The average Bonchev–Trinajstić information content (AvgIpc) is 2.77. The van der Waals surface area contributed by atoms with Crippen LogP contribution in [0.1, 0.15) is 29.3 Å². The Bertz CT molecular complexity index is 529. The zero-order valence-electron chi connectivity index (χ0n) is 12.1. The molecular weight excluding hydrogens is 234 g/mol. The van der Waals surface area contributed by atoms with Crippen LogP contribution in [0.4, 0.5) is 0 Å². The zero-order valence-corrected chi connectivity index (χ0v) is 12.1. The van der Waals surface area contributed by atoms with Crippen molar-refractivity contribution in [3.63, 3.8) is 0 Å². The van der Waals surface area contributed by atoms with E-state index in [0.717, 1.165) is 25.9 Å². The summed E-state index contributed by atoms with van der Waals surface area (Å²) in [7, 11) is 1.98. The molecule has 1 heterocycles. The number of rotatable bonds is 6. The lowest BCUT2D eigenvalue weighted by Gasteiger charge is -2.07. The summed E-state index contributed by atoms with van der Waals surface area (Å²) in [5.74, 6) is 0. The zero-order chi connectivity index (χ0) is 13.7. The Morgan fingerprint density at radius 2 is 2.00 bits per heavy atom. The highest BCUT2D eigenvalue weighted by molar-refractivity contribution is 5.25. The summed E-state index contributed by atoms with van der Waals surface area (Å²) < 4.78 is 1.90. The van der Waals surface area contributed by atoms with Gasteiger partial charge in [0.25, 0.3) is 0 Å². The maximum atomic E-state index is 4.46. The van der Waals surface area contributed by atoms with Crippen LogP contribution in [0.25, 0.3) is 0 Å². The second-order valence-corrected chi connectivity index (χ2v) is 4.98. The van der Waals surface area contributed by atoms with E-state index in [9.17, 15) is 0 Å². The molecule has 1 aromatic carbocycles. The minimum atomic E-state index is 0.906. The van der Waals surface area contributed by atoms with Crippen LogP contribution >= 0.6 is 0 Å². The largest absolute Gasteiger partial charge is 0.312 e. The standard InChI is InChI=1S/C16H23N3/c1-4-16-15(12-19(3)18-16)11-17-10-9-14-8-6-5-7-13(14)2/h5-8,12,17H,4,9-11H2,1-3H3. The van der Waals surface area contributed by atoms with Crippen molar-refractivity contribution in [1.82, 2.24) is 15.1 Å². The summed E-state index contributed by atoms with van der Waals surface area (Å²) in [5, 5.41) is 7.97. The molecule has 0 amide bonds. The van der Waals surface area contributed by atoms with E-state index in [1.165, 1.54) is 22.4 Å². The van der Waals surface area contributed by atoms with Crippen LogP contribution in [-0.2, 0) is 26.4 Å². The van der Waals surface area contributed by atoms with E-state index in [2.05, 4.69) is 54.7 Å². The van der Waals surface area contributed by atoms with Crippen LogP contribution in [0.5, 0.6) is 0 Å². The van der Waals surface area contributed by atoms with E-state index in [1.807, 2.05) is 11.7 Å². The Labute approximate surface area is 115 Å². The molecule has 2 rings (SSSR count). The van der Waals surface area contributed by atoms with Gasteiger partial charge in [-0.1, -0.05) is 31.2 Å². The van der Waals surface area contributed by atoms with Crippen molar-refractivity contribution in [1.29, 1.82) is 0 Å². The van der Waals surface area contributed by atoms with Gasteiger partial charge < -0.3 is 5.32 Å². The SMILES string of the molecule is CCc1nn(C)cc1CNCCc1ccccc1C. The van der Waals surface area contributed by atoms with Crippen molar-refractivity contribution in [3.05, 3.63) is 52.8 Å². The monoisotopic (exact) mass is 257 g/mol. The van der Waals surface area contributed by atoms with Crippen molar-refractivity contribution in [2.24, 2.45) is 7.05 Å². The molecule has 0 aliphatic heterocycles. The molecule has 0 bridgehead atoms. The molecule has 3 heteroatoms. The predicted octanol–water partition coefficient (Wildman–Crippen LogP) is 2.62. The van der Waals surface area contributed by atoms with E-state index in [0.29, 0.717) is 0 Å². The van der Waals surface area contributed by atoms with Gasteiger partial charge >= 0.3 is 0 Å². The number of hydrogen-bond acceptors (Lipinski definition) is 2. The van der Waals surface area contributed by atoms with Crippen LogP contribution in [-0.4, -0.2) is 16.3 Å². The van der Waals surface area contributed by atoms with Crippen molar-refractivity contribution >= 4 is 0 Å². The number of aryl methyl sites for hydroxylation is 3. The van der Waals surface area contributed by atoms with Gasteiger partial charge in [-0.2, -0.15) is 5.10 Å². The first-order valence-electron chi connectivity index (χ1n) is 6.97. The molecule has 2 aromatic rings. The number of nitrogens with zero attached hydrogens (tertiary/aromatic N) is 2. The predicted molar refractivity (Wildman–Crippen MR) is 79.2 cm³/mol. The summed E-state index contributed by atoms with van der Waals surface area (Å²) in [6, 6.07) is 8.58. The molecular formula is C16H23N3. The average molecular weight is 257 g/mol.